The molecule has 0 aliphatic rings. The minimum atomic E-state index is -3.04. The Balaban J connectivity index is 2.73. The minimum absolute atomic E-state index is 0.0738. The number of aromatic nitrogens is 2. The second-order valence-electron chi connectivity index (χ2n) is 4.46. The quantitative estimate of drug-likeness (QED) is 0.504. The van der Waals surface area contributed by atoms with Gasteiger partial charge in [0, 0.05) is 11.1 Å². The van der Waals surface area contributed by atoms with Crippen molar-refractivity contribution in [2.45, 2.75) is 12.1 Å². The van der Waals surface area contributed by atoms with Crippen molar-refractivity contribution in [1.82, 2.24) is 9.97 Å². The van der Waals surface area contributed by atoms with Gasteiger partial charge in [-0.25, -0.2) is 18.2 Å². The van der Waals surface area contributed by atoms with Gasteiger partial charge in [0.25, 0.3) is 6.43 Å². The van der Waals surface area contributed by atoms with Crippen molar-refractivity contribution in [1.29, 1.82) is 0 Å². The third-order valence-corrected chi connectivity index (χ3v) is 3.17. The average molecular weight is 342 g/mol. The van der Waals surface area contributed by atoms with Crippen LogP contribution < -0.4 is 0 Å². The number of carbonyl (C=O) groups is 1. The molecular weight excluding hydrogens is 335 g/mol. The van der Waals surface area contributed by atoms with Crippen molar-refractivity contribution in [3.8, 4) is 11.3 Å². The van der Waals surface area contributed by atoms with Crippen molar-refractivity contribution >= 4 is 25.7 Å². The number of aldehydes is 1. The number of benzene rings is 1. The topological polar surface area (TPSA) is 83.3 Å². The van der Waals surface area contributed by atoms with E-state index in [1.807, 2.05) is 0 Å². The third-order valence-electron chi connectivity index (χ3n) is 2.88. The molecule has 0 bridgehead atoms. The molecule has 0 atom stereocenters. The molecule has 0 unspecified atom stereocenters. The van der Waals surface area contributed by atoms with E-state index >= 15 is 0 Å². The number of hydrogen-bond acceptors (Lipinski definition) is 5. The first kappa shape index (κ1) is 17.4. The van der Waals surface area contributed by atoms with Gasteiger partial charge >= 0.3 is 0 Å². The van der Waals surface area contributed by atoms with Crippen LogP contribution in [0.5, 0.6) is 0 Å². The first-order chi connectivity index (χ1) is 10.7. The molecule has 5 nitrogen and oxygen atoms in total. The fourth-order valence-electron chi connectivity index (χ4n) is 1.90. The van der Waals surface area contributed by atoms with E-state index in [4.69, 9.17) is 19.4 Å². The Labute approximate surface area is 134 Å². The zero-order valence-electron chi connectivity index (χ0n) is 11.2. The van der Waals surface area contributed by atoms with Crippen LogP contribution in [-0.2, 0) is 5.69 Å². The number of rotatable bonds is 4. The second-order valence-corrected chi connectivity index (χ2v) is 4.87. The maximum atomic E-state index is 14.1. The average Bonchev–Trinajstić information content (AvgIpc) is 2.47. The van der Waals surface area contributed by atoms with Gasteiger partial charge in [-0.1, -0.05) is 17.7 Å². The number of carbonyl (C=O) groups excluding carboxylic acids is 1. The van der Waals surface area contributed by atoms with E-state index < -0.39 is 51.2 Å². The predicted octanol–water partition coefficient (Wildman–Crippen LogP) is 1.95. The molecule has 2 N–H and O–H groups in total. The molecule has 0 aliphatic heterocycles. The fourth-order valence-corrected chi connectivity index (χ4v) is 2.05. The third kappa shape index (κ3) is 3.36. The molecular formula is C13H7BClF3N2O3. The van der Waals surface area contributed by atoms with Crippen LogP contribution >= 0.6 is 11.6 Å². The van der Waals surface area contributed by atoms with E-state index in [0.29, 0.717) is 0 Å². The van der Waals surface area contributed by atoms with Gasteiger partial charge in [-0.2, -0.15) is 0 Å². The van der Waals surface area contributed by atoms with Crippen LogP contribution in [0.25, 0.3) is 11.3 Å². The lowest BCUT2D eigenvalue weighted by Crippen LogP contribution is -2.28. The molecule has 0 fully saturated rings. The lowest BCUT2D eigenvalue weighted by atomic mass is 9.90. The molecule has 0 saturated heterocycles. The zero-order valence-corrected chi connectivity index (χ0v) is 11.9. The lowest BCUT2D eigenvalue weighted by Gasteiger charge is -2.18. The van der Waals surface area contributed by atoms with Gasteiger partial charge in [0.2, 0.25) is 0 Å². The molecule has 1 aromatic carbocycles. The maximum absolute atomic E-state index is 14.1. The van der Waals surface area contributed by atoms with Crippen LogP contribution in [0.4, 0.5) is 13.2 Å². The Bertz CT molecular complexity index is 769. The van der Waals surface area contributed by atoms with Crippen molar-refractivity contribution in [3.05, 3.63) is 46.1 Å². The summed E-state index contributed by atoms with van der Waals surface area (Å²) in [5.41, 5.74) is -6.12. The molecule has 2 aromatic rings. The Kier molecular flexibility index (Phi) is 4.74. The lowest BCUT2D eigenvalue weighted by molar-refractivity contribution is -0.0948. The SMILES string of the molecule is [B]C(O)(O)c1ncc(-c2c(C(F)F)ccc(Cl)c2F)nc1C=O. The van der Waals surface area contributed by atoms with Gasteiger partial charge in [-0.05, 0) is 6.07 Å². The first-order valence-electron chi connectivity index (χ1n) is 5.99. The molecule has 0 amide bonds. The van der Waals surface area contributed by atoms with Gasteiger partial charge in [-0.3, -0.25) is 9.78 Å². The summed E-state index contributed by atoms with van der Waals surface area (Å²) >= 11 is 5.58. The molecule has 0 saturated carbocycles. The molecule has 2 radical (unpaired) electrons. The van der Waals surface area contributed by atoms with Crippen LogP contribution in [0.1, 0.15) is 28.2 Å². The number of alkyl halides is 2. The highest BCUT2D eigenvalue weighted by Crippen LogP contribution is 2.35. The van der Waals surface area contributed by atoms with Crippen LogP contribution in [0.3, 0.4) is 0 Å². The van der Waals surface area contributed by atoms with Gasteiger partial charge in [0.1, 0.15) is 11.4 Å². The first-order valence-corrected chi connectivity index (χ1v) is 6.37. The van der Waals surface area contributed by atoms with E-state index in [2.05, 4.69) is 9.97 Å². The van der Waals surface area contributed by atoms with Crippen molar-refractivity contribution in [2.75, 3.05) is 0 Å². The van der Waals surface area contributed by atoms with Crippen LogP contribution in [0.15, 0.2) is 18.3 Å². The number of aliphatic hydroxyl groups is 2. The van der Waals surface area contributed by atoms with E-state index in [1.54, 1.807) is 0 Å². The number of halogens is 4. The van der Waals surface area contributed by atoms with Crippen LogP contribution in [0.2, 0.25) is 5.02 Å². The standard InChI is InChI=1S/C13H7BClF3N2O3/c14-13(22,23)11-8(4-21)20-7(3-19-11)9-5(12(17)18)1-2-6(15)10(9)16/h1-4,12,22-23H. The minimum Gasteiger partial charge on any atom is -0.369 e. The Hall–Kier alpha value is -1.97. The molecule has 1 heterocycles. The summed E-state index contributed by atoms with van der Waals surface area (Å²) in [5.74, 6) is -1.17. The number of hydrogen-bond donors (Lipinski definition) is 2. The summed E-state index contributed by atoms with van der Waals surface area (Å²) in [6, 6.07) is 1.86. The molecule has 0 aliphatic carbocycles. The van der Waals surface area contributed by atoms with E-state index in [-0.39, 0.29) is 6.29 Å². The van der Waals surface area contributed by atoms with E-state index in [9.17, 15) is 28.2 Å². The summed E-state index contributed by atoms with van der Waals surface area (Å²) in [5, 5.41) is 18.1. The molecule has 23 heavy (non-hydrogen) atoms. The largest absolute Gasteiger partial charge is 0.369 e. The van der Waals surface area contributed by atoms with Gasteiger partial charge in [0.05, 0.1) is 16.9 Å². The highest BCUT2D eigenvalue weighted by molar-refractivity contribution is 6.31. The Morgan fingerprint density at radius 3 is 2.52 bits per heavy atom. The summed E-state index contributed by atoms with van der Waals surface area (Å²) in [6.45, 7) is 0. The van der Waals surface area contributed by atoms with Gasteiger partial charge in [0.15, 0.2) is 25.6 Å². The Morgan fingerprint density at radius 1 is 1.35 bits per heavy atom. The molecule has 1 aromatic heterocycles. The van der Waals surface area contributed by atoms with Crippen molar-refractivity contribution in [3.63, 3.8) is 0 Å². The summed E-state index contributed by atoms with van der Waals surface area (Å²) in [7, 11) is 4.99. The highest BCUT2D eigenvalue weighted by Gasteiger charge is 2.27. The normalized spacial score (nSPS) is 11.8. The van der Waals surface area contributed by atoms with E-state index in [1.165, 1.54) is 0 Å². The summed E-state index contributed by atoms with van der Waals surface area (Å²) < 4.78 is 40.2. The summed E-state index contributed by atoms with van der Waals surface area (Å²) in [4.78, 5) is 18.1. The second kappa shape index (κ2) is 6.27. The molecule has 2 rings (SSSR count). The van der Waals surface area contributed by atoms with Crippen molar-refractivity contribution < 1.29 is 28.2 Å². The predicted molar refractivity (Wildman–Crippen MR) is 74.7 cm³/mol. The monoisotopic (exact) mass is 342 g/mol. The molecule has 0 spiro atoms. The van der Waals surface area contributed by atoms with Crippen molar-refractivity contribution in [2.24, 2.45) is 0 Å². The van der Waals surface area contributed by atoms with E-state index in [0.717, 1.165) is 18.3 Å². The Morgan fingerprint density at radius 2 is 2.00 bits per heavy atom. The molecule has 118 valence electrons. The highest BCUT2D eigenvalue weighted by atomic mass is 35.5. The summed E-state index contributed by atoms with van der Waals surface area (Å²) in [6.07, 6.45) is -2.19. The number of nitrogens with zero attached hydrogens (tertiary/aromatic N) is 2. The van der Waals surface area contributed by atoms with Crippen LogP contribution in [-0.4, -0.2) is 34.3 Å². The zero-order chi connectivity index (χ0) is 17.4. The van der Waals surface area contributed by atoms with Gasteiger partial charge < -0.3 is 10.2 Å². The van der Waals surface area contributed by atoms with Gasteiger partial charge in [-0.15, -0.1) is 0 Å². The van der Waals surface area contributed by atoms with Crippen LogP contribution in [0, 0.1) is 5.82 Å². The maximum Gasteiger partial charge on any atom is 0.264 e. The molecule has 10 heteroatoms. The fraction of sp³-hybridized carbons (Fsp3) is 0.154. The smallest absolute Gasteiger partial charge is 0.264 e.